The van der Waals surface area contributed by atoms with Gasteiger partial charge in [-0.15, -0.1) is 11.8 Å². The van der Waals surface area contributed by atoms with Gasteiger partial charge in [-0.3, -0.25) is 4.72 Å². The van der Waals surface area contributed by atoms with Gasteiger partial charge < -0.3 is 0 Å². The predicted molar refractivity (Wildman–Crippen MR) is 123 cm³/mol. The molecule has 1 N–H and O–H groups in total. The fourth-order valence-electron chi connectivity index (χ4n) is 2.87. The quantitative estimate of drug-likeness (QED) is 0.335. The van der Waals surface area contributed by atoms with Gasteiger partial charge in [0.05, 0.1) is 10.1 Å². The van der Waals surface area contributed by atoms with Crippen molar-refractivity contribution in [2.45, 2.75) is 22.0 Å². The number of sulfonamides is 1. The Morgan fingerprint density at radius 2 is 1.68 bits per heavy atom. The second-order valence-electron chi connectivity index (χ2n) is 6.67. The summed E-state index contributed by atoms with van der Waals surface area (Å²) in [6.45, 7) is 1.89. The SMILES string of the molecule is CC(Sc1cccc(F)c1)c1nsc(NS(=O)(=O)c2ccc(-c3ccccc3)cc2)n1. The zero-order valence-corrected chi connectivity index (χ0v) is 18.8. The van der Waals surface area contributed by atoms with Gasteiger partial charge in [-0.05, 0) is 48.4 Å². The summed E-state index contributed by atoms with van der Waals surface area (Å²) in [4.78, 5) is 5.20. The Morgan fingerprint density at radius 3 is 2.39 bits per heavy atom. The third kappa shape index (κ3) is 5.30. The van der Waals surface area contributed by atoms with Gasteiger partial charge in [-0.25, -0.2) is 17.8 Å². The van der Waals surface area contributed by atoms with E-state index < -0.39 is 10.0 Å². The summed E-state index contributed by atoms with van der Waals surface area (Å²) in [5, 5.41) is 0.0234. The summed E-state index contributed by atoms with van der Waals surface area (Å²) in [5.74, 6) is 0.173. The van der Waals surface area contributed by atoms with E-state index in [2.05, 4.69) is 14.1 Å². The highest BCUT2D eigenvalue weighted by Gasteiger charge is 2.19. The van der Waals surface area contributed by atoms with Gasteiger partial charge in [0.2, 0.25) is 5.13 Å². The minimum atomic E-state index is -3.79. The van der Waals surface area contributed by atoms with Gasteiger partial charge in [0, 0.05) is 16.4 Å². The second-order valence-corrected chi connectivity index (χ2v) is 10.5. The first-order valence-electron chi connectivity index (χ1n) is 9.35. The molecule has 3 aromatic carbocycles. The van der Waals surface area contributed by atoms with E-state index in [0.29, 0.717) is 5.82 Å². The predicted octanol–water partition coefficient (Wildman–Crippen LogP) is 6.00. The Bertz CT molecular complexity index is 1280. The summed E-state index contributed by atoms with van der Waals surface area (Å²) in [7, 11) is -3.79. The number of aromatic nitrogens is 2. The molecule has 1 atom stereocenters. The summed E-state index contributed by atoms with van der Waals surface area (Å²) in [5.41, 5.74) is 1.94. The third-order valence-corrected chi connectivity index (χ3v) is 7.63. The van der Waals surface area contributed by atoms with E-state index in [1.807, 2.05) is 37.3 Å². The monoisotopic (exact) mass is 471 g/mol. The molecule has 0 radical (unpaired) electrons. The molecule has 1 heterocycles. The van der Waals surface area contributed by atoms with Gasteiger partial charge in [-0.1, -0.05) is 48.5 Å². The summed E-state index contributed by atoms with van der Waals surface area (Å²) in [6, 6.07) is 22.7. The fraction of sp³-hybridized carbons (Fsp3) is 0.0909. The van der Waals surface area contributed by atoms with Crippen LogP contribution in [0.15, 0.2) is 88.7 Å². The molecule has 0 amide bonds. The lowest BCUT2D eigenvalue weighted by atomic mass is 10.1. The Morgan fingerprint density at radius 1 is 0.968 bits per heavy atom. The van der Waals surface area contributed by atoms with Crippen molar-refractivity contribution < 1.29 is 12.8 Å². The molecule has 9 heteroatoms. The van der Waals surface area contributed by atoms with Crippen LogP contribution in [-0.2, 0) is 10.0 Å². The standard InChI is InChI=1S/C22H18FN3O2S3/c1-15(29-19-9-5-8-18(23)14-19)21-24-22(30-25-21)26-31(27,28)20-12-10-17(11-13-20)16-6-3-2-4-7-16/h2-15H,1H3,(H,24,25,26). The Balaban J connectivity index is 1.46. The molecule has 1 unspecified atom stereocenters. The van der Waals surface area contributed by atoms with Crippen LogP contribution in [0.25, 0.3) is 11.1 Å². The molecule has 4 aromatic rings. The number of nitrogens with zero attached hydrogens (tertiary/aromatic N) is 2. The van der Waals surface area contributed by atoms with Crippen molar-refractivity contribution in [3.05, 3.63) is 90.5 Å². The summed E-state index contributed by atoms with van der Waals surface area (Å²) < 4.78 is 45.6. The van der Waals surface area contributed by atoms with Gasteiger partial charge in [0.15, 0.2) is 5.82 Å². The van der Waals surface area contributed by atoms with Gasteiger partial charge in [-0.2, -0.15) is 4.37 Å². The van der Waals surface area contributed by atoms with E-state index in [-0.39, 0.29) is 21.1 Å². The largest absolute Gasteiger partial charge is 0.263 e. The van der Waals surface area contributed by atoms with Crippen molar-refractivity contribution >= 4 is 38.4 Å². The molecule has 0 saturated carbocycles. The molecule has 0 saturated heterocycles. The Hall–Kier alpha value is -2.75. The third-order valence-electron chi connectivity index (χ3n) is 4.41. The minimum absolute atomic E-state index is 0.145. The molecule has 158 valence electrons. The van der Waals surface area contributed by atoms with E-state index in [1.165, 1.54) is 23.9 Å². The number of hydrogen-bond donors (Lipinski definition) is 1. The number of anilines is 1. The van der Waals surface area contributed by atoms with Crippen molar-refractivity contribution in [1.29, 1.82) is 0 Å². The summed E-state index contributed by atoms with van der Waals surface area (Å²) in [6.07, 6.45) is 0. The van der Waals surface area contributed by atoms with E-state index >= 15 is 0 Å². The average molecular weight is 472 g/mol. The lowest BCUT2D eigenvalue weighted by Gasteiger charge is -2.08. The van der Waals surface area contributed by atoms with Crippen LogP contribution in [-0.4, -0.2) is 17.8 Å². The van der Waals surface area contributed by atoms with Crippen LogP contribution in [0.2, 0.25) is 0 Å². The highest BCUT2D eigenvalue weighted by Crippen LogP contribution is 2.35. The minimum Gasteiger partial charge on any atom is -0.253 e. The van der Waals surface area contributed by atoms with Gasteiger partial charge >= 0.3 is 0 Å². The Labute approximate surface area is 188 Å². The second kappa shape index (κ2) is 9.17. The fourth-order valence-corrected chi connectivity index (χ4v) is 5.77. The molecule has 4 rings (SSSR count). The van der Waals surface area contributed by atoms with Crippen molar-refractivity contribution in [1.82, 2.24) is 9.36 Å². The van der Waals surface area contributed by atoms with E-state index in [4.69, 9.17) is 0 Å². The molecule has 0 aliphatic carbocycles. The molecular formula is C22H18FN3O2S3. The molecule has 0 aliphatic rings. The molecule has 5 nitrogen and oxygen atoms in total. The maximum Gasteiger partial charge on any atom is 0.263 e. The number of benzene rings is 3. The lowest BCUT2D eigenvalue weighted by Crippen LogP contribution is -2.12. The number of rotatable bonds is 7. The molecule has 31 heavy (non-hydrogen) atoms. The van der Waals surface area contributed by atoms with E-state index in [0.717, 1.165) is 27.6 Å². The van der Waals surface area contributed by atoms with Crippen LogP contribution in [0.3, 0.4) is 0 Å². The number of thioether (sulfide) groups is 1. The van der Waals surface area contributed by atoms with Crippen LogP contribution in [0, 0.1) is 5.82 Å². The molecule has 0 fully saturated rings. The maximum atomic E-state index is 13.4. The van der Waals surface area contributed by atoms with Crippen molar-refractivity contribution in [3.63, 3.8) is 0 Å². The first kappa shape index (κ1) is 21.5. The van der Waals surface area contributed by atoms with Crippen molar-refractivity contribution in [2.75, 3.05) is 4.72 Å². The first-order chi connectivity index (χ1) is 14.9. The van der Waals surface area contributed by atoms with Crippen LogP contribution < -0.4 is 4.72 Å². The molecule has 1 aromatic heterocycles. The number of nitrogens with one attached hydrogen (secondary N) is 1. The van der Waals surface area contributed by atoms with Crippen LogP contribution in [0.4, 0.5) is 9.52 Å². The number of halogens is 1. The van der Waals surface area contributed by atoms with Crippen LogP contribution in [0.1, 0.15) is 18.0 Å². The normalized spacial score (nSPS) is 12.5. The maximum absolute atomic E-state index is 13.4. The highest BCUT2D eigenvalue weighted by atomic mass is 32.2. The summed E-state index contributed by atoms with van der Waals surface area (Å²) >= 11 is 2.38. The van der Waals surface area contributed by atoms with Crippen molar-refractivity contribution in [2.24, 2.45) is 0 Å². The molecule has 0 bridgehead atoms. The first-order valence-corrected chi connectivity index (χ1v) is 12.5. The van der Waals surface area contributed by atoms with Crippen molar-refractivity contribution in [3.8, 4) is 11.1 Å². The molecule has 0 spiro atoms. The molecule has 0 aliphatic heterocycles. The van der Waals surface area contributed by atoms with Gasteiger partial charge in [0.1, 0.15) is 5.82 Å². The lowest BCUT2D eigenvalue weighted by molar-refractivity contribution is 0.601. The zero-order chi connectivity index (χ0) is 21.8. The zero-order valence-electron chi connectivity index (χ0n) is 16.4. The molecular weight excluding hydrogens is 453 g/mol. The smallest absolute Gasteiger partial charge is 0.253 e. The van der Waals surface area contributed by atoms with Gasteiger partial charge in [0.25, 0.3) is 10.0 Å². The highest BCUT2D eigenvalue weighted by molar-refractivity contribution is 7.99. The Kier molecular flexibility index (Phi) is 6.35. The van der Waals surface area contributed by atoms with Crippen LogP contribution >= 0.6 is 23.3 Å². The van der Waals surface area contributed by atoms with E-state index in [1.54, 1.807) is 36.4 Å². The average Bonchev–Trinajstić information content (AvgIpc) is 3.22. The topological polar surface area (TPSA) is 72.0 Å². The van der Waals surface area contributed by atoms with E-state index in [9.17, 15) is 12.8 Å². The van der Waals surface area contributed by atoms with Crippen LogP contribution in [0.5, 0.6) is 0 Å². The number of hydrogen-bond acceptors (Lipinski definition) is 6.